The molecule has 2 heterocycles. The molecule has 0 unspecified atom stereocenters. The van der Waals surface area contributed by atoms with Crippen LogP contribution in [-0.2, 0) is 4.79 Å². The van der Waals surface area contributed by atoms with Crippen LogP contribution in [0, 0.1) is 6.92 Å². The van der Waals surface area contributed by atoms with Gasteiger partial charge in [-0.2, -0.15) is 0 Å². The summed E-state index contributed by atoms with van der Waals surface area (Å²) in [5.74, 6) is -0.692. The molecule has 37 heavy (non-hydrogen) atoms. The standard InChI is InChI=1S/C25H16ClF3N2O5S/c1-13-23(37-17-4-2-3-15(10-17)34-12-22(32)33)19-11-16(35-25(27,28)29)6-8-20(19)31(13)24-18-7-5-14(26)9-21(18)36-30-24/h2-11H,12H2,1H3,(H,32,33). The third kappa shape index (κ3) is 5.18. The van der Waals surface area contributed by atoms with Gasteiger partial charge < -0.3 is 19.1 Å². The van der Waals surface area contributed by atoms with Crippen molar-refractivity contribution < 1.29 is 37.1 Å². The minimum Gasteiger partial charge on any atom is -0.482 e. The molecule has 0 saturated heterocycles. The molecule has 2 aromatic heterocycles. The third-order valence-electron chi connectivity index (χ3n) is 5.37. The van der Waals surface area contributed by atoms with Gasteiger partial charge in [-0.3, -0.25) is 4.57 Å². The number of aliphatic carboxylic acids is 1. The van der Waals surface area contributed by atoms with E-state index in [4.69, 9.17) is 26.0 Å². The second-order valence-electron chi connectivity index (χ2n) is 7.88. The van der Waals surface area contributed by atoms with Crippen LogP contribution in [0.15, 0.2) is 75.0 Å². The number of benzene rings is 3. The van der Waals surface area contributed by atoms with Crippen molar-refractivity contribution >= 4 is 51.2 Å². The van der Waals surface area contributed by atoms with Crippen LogP contribution < -0.4 is 9.47 Å². The van der Waals surface area contributed by atoms with Crippen LogP contribution in [0.25, 0.3) is 27.7 Å². The summed E-state index contributed by atoms with van der Waals surface area (Å²) in [6.07, 6.45) is -4.85. The summed E-state index contributed by atoms with van der Waals surface area (Å²) in [6, 6.07) is 15.9. The molecule has 5 rings (SSSR count). The van der Waals surface area contributed by atoms with Crippen LogP contribution in [0.3, 0.4) is 0 Å². The van der Waals surface area contributed by atoms with Gasteiger partial charge in [0.1, 0.15) is 11.5 Å². The SMILES string of the molecule is Cc1c(Sc2cccc(OCC(=O)O)c2)c2cc(OC(F)(F)F)ccc2n1-c1noc2cc(Cl)ccc12. The maximum atomic E-state index is 13.0. The van der Waals surface area contributed by atoms with Crippen LogP contribution >= 0.6 is 23.4 Å². The fourth-order valence-corrected chi connectivity index (χ4v) is 5.15. The lowest BCUT2D eigenvalue weighted by Crippen LogP contribution is -2.17. The average Bonchev–Trinajstić information content (AvgIpc) is 3.34. The van der Waals surface area contributed by atoms with Gasteiger partial charge in [-0.25, -0.2) is 4.79 Å². The van der Waals surface area contributed by atoms with Gasteiger partial charge in [0.15, 0.2) is 18.0 Å². The van der Waals surface area contributed by atoms with Crippen LogP contribution in [0.5, 0.6) is 11.5 Å². The van der Waals surface area contributed by atoms with E-state index in [1.54, 1.807) is 47.0 Å². The molecular weight excluding hydrogens is 533 g/mol. The van der Waals surface area contributed by atoms with Gasteiger partial charge in [-0.15, -0.1) is 13.2 Å². The molecule has 7 nitrogen and oxygen atoms in total. The first-order chi connectivity index (χ1) is 17.6. The van der Waals surface area contributed by atoms with Gasteiger partial charge in [-0.05, 0) is 55.5 Å². The lowest BCUT2D eigenvalue weighted by Gasteiger charge is -2.09. The quantitative estimate of drug-likeness (QED) is 0.229. The Balaban J connectivity index is 1.65. The predicted molar refractivity (Wildman–Crippen MR) is 131 cm³/mol. The Morgan fingerprint density at radius 3 is 2.68 bits per heavy atom. The topological polar surface area (TPSA) is 86.7 Å². The molecule has 3 aromatic carbocycles. The third-order valence-corrected chi connectivity index (χ3v) is 6.81. The summed E-state index contributed by atoms with van der Waals surface area (Å²) in [4.78, 5) is 12.2. The predicted octanol–water partition coefficient (Wildman–Crippen LogP) is 7.25. The van der Waals surface area contributed by atoms with E-state index in [1.165, 1.54) is 30.0 Å². The molecule has 1 N–H and O–H groups in total. The minimum absolute atomic E-state index is 0.342. The first-order valence-corrected chi connectivity index (χ1v) is 11.9. The molecule has 0 fully saturated rings. The van der Waals surface area contributed by atoms with Crippen molar-refractivity contribution in [1.82, 2.24) is 9.72 Å². The van der Waals surface area contributed by atoms with Crippen molar-refractivity contribution in [2.45, 2.75) is 23.1 Å². The van der Waals surface area contributed by atoms with Crippen LogP contribution in [0.1, 0.15) is 5.69 Å². The smallest absolute Gasteiger partial charge is 0.482 e. The maximum absolute atomic E-state index is 13.0. The summed E-state index contributed by atoms with van der Waals surface area (Å²) in [5.41, 5.74) is 1.72. The van der Waals surface area contributed by atoms with E-state index >= 15 is 0 Å². The normalized spacial score (nSPS) is 11.8. The molecule has 190 valence electrons. The number of hydrogen-bond donors (Lipinski definition) is 1. The van der Waals surface area contributed by atoms with E-state index in [-0.39, 0.29) is 5.75 Å². The summed E-state index contributed by atoms with van der Waals surface area (Å²) in [6.45, 7) is 1.31. The summed E-state index contributed by atoms with van der Waals surface area (Å²) in [7, 11) is 0. The molecule has 0 aliphatic heterocycles. The lowest BCUT2D eigenvalue weighted by atomic mass is 10.2. The minimum atomic E-state index is -4.85. The van der Waals surface area contributed by atoms with Crippen molar-refractivity contribution in [3.8, 4) is 17.3 Å². The number of hydrogen-bond acceptors (Lipinski definition) is 6. The van der Waals surface area contributed by atoms with Crippen molar-refractivity contribution in [2.75, 3.05) is 6.61 Å². The Bertz CT molecular complexity index is 1650. The van der Waals surface area contributed by atoms with Gasteiger partial charge in [-0.1, -0.05) is 34.6 Å². The lowest BCUT2D eigenvalue weighted by molar-refractivity contribution is -0.274. The van der Waals surface area contributed by atoms with Crippen LogP contribution in [0.2, 0.25) is 5.02 Å². The summed E-state index contributed by atoms with van der Waals surface area (Å²) in [5, 5.41) is 14.7. The number of carbonyl (C=O) groups is 1. The zero-order valence-corrected chi connectivity index (χ0v) is 20.4. The Kier molecular flexibility index (Phi) is 6.42. The summed E-state index contributed by atoms with van der Waals surface area (Å²) < 4.78 is 55.6. The fourth-order valence-electron chi connectivity index (χ4n) is 3.92. The highest BCUT2D eigenvalue weighted by molar-refractivity contribution is 7.99. The molecule has 0 aliphatic carbocycles. The first-order valence-electron chi connectivity index (χ1n) is 10.7. The van der Waals surface area contributed by atoms with E-state index in [9.17, 15) is 18.0 Å². The monoisotopic (exact) mass is 548 g/mol. The van der Waals surface area contributed by atoms with Crippen molar-refractivity contribution in [3.63, 3.8) is 0 Å². The van der Waals surface area contributed by atoms with Crippen LogP contribution in [0.4, 0.5) is 13.2 Å². The molecule has 0 bridgehead atoms. The maximum Gasteiger partial charge on any atom is 0.573 e. The van der Waals surface area contributed by atoms with Gasteiger partial charge in [0.2, 0.25) is 0 Å². The van der Waals surface area contributed by atoms with Gasteiger partial charge >= 0.3 is 12.3 Å². The molecule has 0 amide bonds. The summed E-state index contributed by atoms with van der Waals surface area (Å²) >= 11 is 7.35. The second-order valence-corrected chi connectivity index (χ2v) is 9.40. The van der Waals surface area contributed by atoms with E-state index in [0.29, 0.717) is 53.9 Å². The highest BCUT2D eigenvalue weighted by Gasteiger charge is 2.31. The molecular formula is C25H16ClF3N2O5S. The molecule has 0 spiro atoms. The number of rotatable bonds is 7. The van der Waals surface area contributed by atoms with Gasteiger partial charge in [0.05, 0.1) is 10.9 Å². The fraction of sp³-hybridized carbons (Fsp3) is 0.120. The highest BCUT2D eigenvalue weighted by Crippen LogP contribution is 2.43. The largest absolute Gasteiger partial charge is 0.573 e. The van der Waals surface area contributed by atoms with E-state index < -0.39 is 18.9 Å². The Labute approximate surface area is 216 Å². The molecule has 0 atom stereocenters. The van der Waals surface area contributed by atoms with Crippen LogP contribution in [-0.4, -0.2) is 33.8 Å². The molecule has 0 aliphatic rings. The molecule has 0 saturated carbocycles. The number of ether oxygens (including phenoxy) is 2. The second kappa shape index (κ2) is 9.56. The number of alkyl halides is 3. The first kappa shape index (κ1) is 24.8. The number of carboxylic acids is 1. The van der Waals surface area contributed by atoms with Crippen molar-refractivity contribution in [1.29, 1.82) is 0 Å². The van der Waals surface area contributed by atoms with E-state index in [0.717, 1.165) is 0 Å². The number of fused-ring (bicyclic) bond motifs is 2. The number of carboxylic acid groups (broad SMARTS) is 1. The van der Waals surface area contributed by atoms with Gasteiger partial charge in [0, 0.05) is 32.0 Å². The Morgan fingerprint density at radius 1 is 1.11 bits per heavy atom. The van der Waals surface area contributed by atoms with E-state index in [2.05, 4.69) is 9.89 Å². The van der Waals surface area contributed by atoms with Crippen molar-refractivity contribution in [2.24, 2.45) is 0 Å². The van der Waals surface area contributed by atoms with Crippen molar-refractivity contribution in [3.05, 3.63) is 71.4 Å². The number of nitrogens with zero attached hydrogens (tertiary/aromatic N) is 2. The Hall–Kier alpha value is -3.83. The molecule has 0 radical (unpaired) electrons. The number of halogens is 4. The average molecular weight is 549 g/mol. The zero-order chi connectivity index (χ0) is 26.3. The number of aromatic nitrogens is 2. The van der Waals surface area contributed by atoms with Gasteiger partial charge in [0.25, 0.3) is 0 Å². The zero-order valence-electron chi connectivity index (χ0n) is 18.9. The molecule has 5 aromatic rings. The van der Waals surface area contributed by atoms with E-state index in [1.807, 2.05) is 6.92 Å². The molecule has 12 heteroatoms. The Morgan fingerprint density at radius 2 is 1.92 bits per heavy atom. The highest BCUT2D eigenvalue weighted by atomic mass is 35.5.